The van der Waals surface area contributed by atoms with E-state index in [1.807, 2.05) is 6.92 Å². The molecule has 1 heteroatoms. The second-order valence-corrected chi connectivity index (χ2v) is 3.19. The fourth-order valence-corrected chi connectivity index (χ4v) is 1.41. The van der Waals surface area contributed by atoms with Crippen LogP contribution in [-0.2, 0) is 4.79 Å². The van der Waals surface area contributed by atoms with Gasteiger partial charge in [0.05, 0.1) is 0 Å². The van der Waals surface area contributed by atoms with Crippen LogP contribution >= 0.6 is 0 Å². The van der Waals surface area contributed by atoms with E-state index in [0.29, 0.717) is 5.78 Å². The first-order valence-corrected chi connectivity index (χ1v) is 3.72. The molecule has 0 atom stereocenters. The topological polar surface area (TPSA) is 17.1 Å². The second kappa shape index (κ2) is 2.13. The zero-order valence-corrected chi connectivity index (χ0v) is 6.24. The van der Waals surface area contributed by atoms with Crippen LogP contribution in [0.25, 0.3) is 0 Å². The Morgan fingerprint density at radius 2 is 2.11 bits per heavy atom. The van der Waals surface area contributed by atoms with Crippen molar-refractivity contribution in [2.24, 2.45) is 5.41 Å². The molecule has 0 aromatic carbocycles. The molecule has 9 heavy (non-hydrogen) atoms. The van der Waals surface area contributed by atoms with E-state index in [4.69, 9.17) is 0 Å². The van der Waals surface area contributed by atoms with Crippen LogP contribution in [-0.4, -0.2) is 5.78 Å². The summed E-state index contributed by atoms with van der Waals surface area (Å²) >= 11 is 0. The summed E-state index contributed by atoms with van der Waals surface area (Å²) in [6, 6.07) is 0. The van der Waals surface area contributed by atoms with E-state index in [0.717, 1.165) is 19.3 Å². The molecule has 0 aromatic heterocycles. The molecule has 0 heterocycles. The number of hydrogen-bond acceptors (Lipinski definition) is 1. The summed E-state index contributed by atoms with van der Waals surface area (Å²) in [4.78, 5) is 11.1. The lowest BCUT2D eigenvalue weighted by Crippen LogP contribution is -2.34. The Balaban J connectivity index is 2.49. The van der Waals surface area contributed by atoms with Gasteiger partial charge in [0, 0.05) is 11.8 Å². The molecule has 1 rings (SSSR count). The third kappa shape index (κ3) is 1.00. The molecule has 0 N–H and O–H groups in total. The molecule has 52 valence electrons. The molecule has 1 aliphatic rings. The smallest absolute Gasteiger partial charge is 0.138 e. The van der Waals surface area contributed by atoms with Crippen LogP contribution in [0.15, 0.2) is 0 Å². The van der Waals surface area contributed by atoms with Gasteiger partial charge in [-0.3, -0.25) is 4.79 Å². The van der Waals surface area contributed by atoms with Gasteiger partial charge in [-0.2, -0.15) is 0 Å². The van der Waals surface area contributed by atoms with Crippen molar-refractivity contribution in [3.05, 3.63) is 0 Å². The molecule has 1 fully saturated rings. The highest BCUT2D eigenvalue weighted by molar-refractivity contribution is 5.84. The van der Waals surface area contributed by atoms with Gasteiger partial charge in [-0.05, 0) is 12.8 Å². The highest BCUT2D eigenvalue weighted by Crippen LogP contribution is 2.41. The van der Waals surface area contributed by atoms with Crippen LogP contribution in [0.2, 0.25) is 0 Å². The van der Waals surface area contributed by atoms with Gasteiger partial charge in [0.25, 0.3) is 0 Å². The molecule has 1 saturated carbocycles. The molecule has 0 unspecified atom stereocenters. The van der Waals surface area contributed by atoms with Gasteiger partial charge in [0.1, 0.15) is 5.78 Å². The van der Waals surface area contributed by atoms with E-state index in [9.17, 15) is 4.79 Å². The van der Waals surface area contributed by atoms with E-state index in [-0.39, 0.29) is 5.41 Å². The lowest BCUT2D eigenvalue weighted by Gasteiger charge is -2.36. The Morgan fingerprint density at radius 1 is 1.56 bits per heavy atom. The zero-order chi connectivity index (χ0) is 6.91. The van der Waals surface area contributed by atoms with Crippen LogP contribution in [0.5, 0.6) is 0 Å². The van der Waals surface area contributed by atoms with E-state index < -0.39 is 0 Å². The standard InChI is InChI=1S/C8H14O/c1-3-7(9)8(2)5-4-6-8/h3-6H2,1-2H3. The quantitative estimate of drug-likeness (QED) is 0.554. The predicted octanol–water partition coefficient (Wildman–Crippen LogP) is 2.16. The first-order chi connectivity index (χ1) is 4.19. The summed E-state index contributed by atoms with van der Waals surface area (Å²) in [5.41, 5.74) is 0.0920. The average Bonchev–Trinajstić information content (AvgIpc) is 1.81. The summed E-state index contributed by atoms with van der Waals surface area (Å²) in [6.45, 7) is 4.04. The Kier molecular flexibility index (Phi) is 1.60. The Bertz CT molecular complexity index is 123. The van der Waals surface area contributed by atoms with Crippen LogP contribution in [0.4, 0.5) is 0 Å². The van der Waals surface area contributed by atoms with E-state index in [1.165, 1.54) is 6.42 Å². The molecular weight excluding hydrogens is 112 g/mol. The maximum atomic E-state index is 11.1. The van der Waals surface area contributed by atoms with Crippen molar-refractivity contribution in [3.8, 4) is 0 Å². The van der Waals surface area contributed by atoms with Crippen LogP contribution < -0.4 is 0 Å². The fourth-order valence-electron chi connectivity index (χ4n) is 1.41. The van der Waals surface area contributed by atoms with E-state index in [2.05, 4.69) is 6.92 Å². The van der Waals surface area contributed by atoms with Gasteiger partial charge in [-0.15, -0.1) is 0 Å². The van der Waals surface area contributed by atoms with Crippen LogP contribution in [0.3, 0.4) is 0 Å². The summed E-state index contributed by atoms with van der Waals surface area (Å²) in [5, 5.41) is 0. The predicted molar refractivity (Wildman–Crippen MR) is 37.3 cm³/mol. The molecule has 0 aliphatic heterocycles. The highest BCUT2D eigenvalue weighted by atomic mass is 16.1. The largest absolute Gasteiger partial charge is 0.299 e. The van der Waals surface area contributed by atoms with Crippen molar-refractivity contribution in [2.45, 2.75) is 39.5 Å². The van der Waals surface area contributed by atoms with Crippen molar-refractivity contribution in [3.63, 3.8) is 0 Å². The molecular formula is C8H14O. The number of hydrogen-bond donors (Lipinski definition) is 0. The third-order valence-corrected chi connectivity index (χ3v) is 2.45. The zero-order valence-electron chi connectivity index (χ0n) is 6.24. The van der Waals surface area contributed by atoms with Crippen molar-refractivity contribution in [2.75, 3.05) is 0 Å². The molecule has 0 amide bonds. The maximum Gasteiger partial charge on any atom is 0.138 e. The summed E-state index contributed by atoms with van der Waals surface area (Å²) < 4.78 is 0. The number of ketones is 1. The molecule has 0 aromatic rings. The van der Waals surface area contributed by atoms with Crippen molar-refractivity contribution >= 4 is 5.78 Å². The Labute approximate surface area is 56.4 Å². The minimum atomic E-state index is 0.0920. The van der Waals surface area contributed by atoms with Gasteiger partial charge in [-0.25, -0.2) is 0 Å². The van der Waals surface area contributed by atoms with Gasteiger partial charge in [-0.1, -0.05) is 20.3 Å². The lowest BCUT2D eigenvalue weighted by atomic mass is 9.67. The molecule has 0 saturated heterocycles. The molecule has 0 radical (unpaired) electrons. The van der Waals surface area contributed by atoms with Crippen LogP contribution in [0, 0.1) is 5.41 Å². The Hall–Kier alpha value is -0.330. The highest BCUT2D eigenvalue weighted by Gasteiger charge is 2.37. The first-order valence-electron chi connectivity index (χ1n) is 3.72. The summed E-state index contributed by atoms with van der Waals surface area (Å²) in [6.07, 6.45) is 4.22. The summed E-state index contributed by atoms with van der Waals surface area (Å²) in [5.74, 6) is 0.453. The van der Waals surface area contributed by atoms with Gasteiger partial charge < -0.3 is 0 Å². The first kappa shape index (κ1) is 6.79. The molecule has 1 nitrogen and oxygen atoms in total. The molecule has 0 spiro atoms. The second-order valence-electron chi connectivity index (χ2n) is 3.19. The van der Waals surface area contributed by atoms with E-state index >= 15 is 0 Å². The number of Topliss-reactive ketones (excluding diaryl/α,β-unsaturated/α-hetero) is 1. The number of carbonyl (C=O) groups is 1. The third-order valence-electron chi connectivity index (χ3n) is 2.45. The van der Waals surface area contributed by atoms with Crippen molar-refractivity contribution < 1.29 is 4.79 Å². The van der Waals surface area contributed by atoms with Crippen molar-refractivity contribution in [1.82, 2.24) is 0 Å². The monoisotopic (exact) mass is 126 g/mol. The maximum absolute atomic E-state index is 11.1. The SMILES string of the molecule is CCC(=O)C1(C)CCC1. The van der Waals surface area contributed by atoms with Gasteiger partial charge in [0.2, 0.25) is 0 Å². The lowest BCUT2D eigenvalue weighted by molar-refractivity contribution is -0.131. The molecule has 0 bridgehead atoms. The van der Waals surface area contributed by atoms with Crippen molar-refractivity contribution in [1.29, 1.82) is 0 Å². The fraction of sp³-hybridized carbons (Fsp3) is 0.875. The van der Waals surface area contributed by atoms with E-state index in [1.54, 1.807) is 0 Å². The van der Waals surface area contributed by atoms with Gasteiger partial charge in [0.15, 0.2) is 0 Å². The van der Waals surface area contributed by atoms with Gasteiger partial charge >= 0.3 is 0 Å². The normalized spacial score (nSPS) is 22.9. The van der Waals surface area contributed by atoms with Crippen LogP contribution in [0.1, 0.15) is 39.5 Å². The Morgan fingerprint density at radius 3 is 2.22 bits per heavy atom. The average molecular weight is 126 g/mol. The number of rotatable bonds is 2. The molecule has 1 aliphatic carbocycles. The summed E-state index contributed by atoms with van der Waals surface area (Å²) in [7, 11) is 0. The number of carbonyl (C=O) groups excluding carboxylic acids is 1. The minimum Gasteiger partial charge on any atom is -0.299 e. The minimum absolute atomic E-state index is 0.0920.